The molecule has 2 atom stereocenters. The Labute approximate surface area is 121 Å². The number of fused-ring (bicyclic) bond motifs is 1. The predicted octanol–water partition coefficient (Wildman–Crippen LogP) is 2.42. The van der Waals surface area contributed by atoms with Crippen LogP contribution in [0.2, 0.25) is 5.15 Å². The molecular formula is C12H16ClN5S. The third-order valence-corrected chi connectivity index (χ3v) is 4.89. The fourth-order valence-corrected chi connectivity index (χ4v) is 4.09. The molecule has 1 fully saturated rings. The van der Waals surface area contributed by atoms with E-state index >= 15 is 0 Å². The maximum Gasteiger partial charge on any atom is 0.255 e. The summed E-state index contributed by atoms with van der Waals surface area (Å²) in [6, 6.07) is 0. The van der Waals surface area contributed by atoms with Gasteiger partial charge >= 0.3 is 0 Å². The quantitative estimate of drug-likeness (QED) is 0.757. The minimum Gasteiger partial charge on any atom is -0.354 e. The van der Waals surface area contributed by atoms with Gasteiger partial charge in [-0.3, -0.25) is 0 Å². The van der Waals surface area contributed by atoms with Gasteiger partial charge in [-0.15, -0.1) is 0 Å². The van der Waals surface area contributed by atoms with Gasteiger partial charge in [0.1, 0.15) is 17.3 Å². The summed E-state index contributed by atoms with van der Waals surface area (Å²) in [6.07, 6.45) is 1.52. The molecule has 2 aromatic rings. The molecule has 0 bridgehead atoms. The van der Waals surface area contributed by atoms with Gasteiger partial charge in [0, 0.05) is 29.2 Å². The van der Waals surface area contributed by atoms with Crippen molar-refractivity contribution in [3.8, 4) is 0 Å². The summed E-state index contributed by atoms with van der Waals surface area (Å²) in [5.74, 6) is 1.58. The zero-order valence-electron chi connectivity index (χ0n) is 11.2. The summed E-state index contributed by atoms with van der Waals surface area (Å²) in [7, 11) is 0. The standard InChI is InChI=1S/C12H16ClN5S/c1-7-4-17(5-8(2)19-7)11-9(3)10(13)16-12-14-6-15-18(11)12/h6-8H,4-5H2,1-3H3. The predicted molar refractivity (Wildman–Crippen MR) is 79.3 cm³/mol. The van der Waals surface area contributed by atoms with Crippen molar-refractivity contribution >= 4 is 35.0 Å². The molecule has 3 heterocycles. The molecular weight excluding hydrogens is 282 g/mol. The van der Waals surface area contributed by atoms with Crippen LogP contribution in [0.25, 0.3) is 5.78 Å². The largest absolute Gasteiger partial charge is 0.354 e. The molecule has 19 heavy (non-hydrogen) atoms. The lowest BCUT2D eigenvalue weighted by molar-refractivity contribution is 0.699. The van der Waals surface area contributed by atoms with Crippen LogP contribution in [0, 0.1) is 6.92 Å². The highest BCUT2D eigenvalue weighted by Crippen LogP contribution is 2.32. The Morgan fingerprint density at radius 1 is 1.32 bits per heavy atom. The fraction of sp³-hybridized carbons (Fsp3) is 0.583. The Bertz CT molecular complexity index is 603. The van der Waals surface area contributed by atoms with E-state index in [9.17, 15) is 0 Å². The Kier molecular flexibility index (Phi) is 3.30. The lowest BCUT2D eigenvalue weighted by Gasteiger charge is -2.36. The van der Waals surface area contributed by atoms with Crippen molar-refractivity contribution in [2.24, 2.45) is 0 Å². The normalized spacial score (nSPS) is 24.1. The summed E-state index contributed by atoms with van der Waals surface area (Å²) in [5, 5.41) is 5.97. The molecule has 3 rings (SSSR count). The number of anilines is 1. The van der Waals surface area contributed by atoms with Gasteiger partial charge in [-0.1, -0.05) is 25.4 Å². The molecule has 0 aliphatic carbocycles. The molecule has 0 saturated carbocycles. The Hall–Kier alpha value is -1.01. The van der Waals surface area contributed by atoms with Gasteiger partial charge in [-0.2, -0.15) is 31.3 Å². The molecule has 0 aromatic carbocycles. The molecule has 5 nitrogen and oxygen atoms in total. The molecule has 0 radical (unpaired) electrons. The second kappa shape index (κ2) is 4.83. The average molecular weight is 298 g/mol. The summed E-state index contributed by atoms with van der Waals surface area (Å²) >= 11 is 8.24. The monoisotopic (exact) mass is 297 g/mol. The Morgan fingerprint density at radius 2 is 2.00 bits per heavy atom. The number of hydrogen-bond acceptors (Lipinski definition) is 5. The van der Waals surface area contributed by atoms with Crippen LogP contribution in [-0.4, -0.2) is 43.2 Å². The SMILES string of the molecule is Cc1c(Cl)nc2ncnn2c1N1CC(C)SC(C)C1. The number of nitrogens with zero attached hydrogens (tertiary/aromatic N) is 5. The van der Waals surface area contributed by atoms with Crippen molar-refractivity contribution in [1.29, 1.82) is 0 Å². The van der Waals surface area contributed by atoms with Crippen molar-refractivity contribution in [1.82, 2.24) is 19.6 Å². The summed E-state index contributed by atoms with van der Waals surface area (Å²) in [6.45, 7) is 8.48. The fourth-order valence-electron chi connectivity index (χ4n) is 2.61. The van der Waals surface area contributed by atoms with E-state index in [1.165, 1.54) is 6.33 Å². The average Bonchev–Trinajstić information content (AvgIpc) is 2.76. The molecule has 0 N–H and O–H groups in total. The minimum atomic E-state index is 0.508. The lowest BCUT2D eigenvalue weighted by atomic mass is 10.2. The highest BCUT2D eigenvalue weighted by molar-refractivity contribution is 8.00. The topological polar surface area (TPSA) is 46.3 Å². The molecule has 2 unspecified atom stereocenters. The van der Waals surface area contributed by atoms with Gasteiger partial charge in [0.15, 0.2) is 0 Å². The van der Waals surface area contributed by atoms with Gasteiger partial charge in [-0.25, -0.2) is 0 Å². The van der Waals surface area contributed by atoms with Crippen molar-refractivity contribution in [2.45, 2.75) is 31.3 Å². The van der Waals surface area contributed by atoms with Crippen LogP contribution in [0.15, 0.2) is 6.33 Å². The first kappa shape index (κ1) is 13.0. The van der Waals surface area contributed by atoms with E-state index in [2.05, 4.69) is 33.8 Å². The number of halogens is 1. The first-order valence-electron chi connectivity index (χ1n) is 6.32. The van der Waals surface area contributed by atoms with Crippen molar-refractivity contribution in [2.75, 3.05) is 18.0 Å². The molecule has 1 saturated heterocycles. The van der Waals surface area contributed by atoms with Gasteiger partial charge in [-0.05, 0) is 6.92 Å². The lowest BCUT2D eigenvalue weighted by Crippen LogP contribution is -2.41. The van der Waals surface area contributed by atoms with Crippen LogP contribution < -0.4 is 4.90 Å². The van der Waals surface area contributed by atoms with Gasteiger partial charge in [0.2, 0.25) is 0 Å². The van der Waals surface area contributed by atoms with E-state index < -0.39 is 0 Å². The van der Waals surface area contributed by atoms with E-state index in [0.29, 0.717) is 21.4 Å². The number of thioether (sulfide) groups is 1. The van der Waals surface area contributed by atoms with Crippen molar-refractivity contribution in [3.63, 3.8) is 0 Å². The molecule has 0 amide bonds. The van der Waals surface area contributed by atoms with Gasteiger partial charge in [0.25, 0.3) is 5.78 Å². The maximum atomic E-state index is 6.22. The third-order valence-electron chi connectivity index (χ3n) is 3.29. The van der Waals surface area contributed by atoms with Gasteiger partial charge in [0.05, 0.1) is 0 Å². The number of aromatic nitrogens is 4. The first-order chi connectivity index (χ1) is 9.06. The van der Waals surface area contributed by atoms with Crippen molar-refractivity contribution < 1.29 is 0 Å². The highest BCUT2D eigenvalue weighted by Gasteiger charge is 2.26. The van der Waals surface area contributed by atoms with E-state index in [1.807, 2.05) is 18.7 Å². The third kappa shape index (κ3) is 2.27. The van der Waals surface area contributed by atoms with Crippen LogP contribution in [0.5, 0.6) is 0 Å². The molecule has 102 valence electrons. The zero-order valence-corrected chi connectivity index (χ0v) is 12.7. The van der Waals surface area contributed by atoms with E-state index in [0.717, 1.165) is 24.5 Å². The molecule has 2 aromatic heterocycles. The maximum absolute atomic E-state index is 6.22. The Morgan fingerprint density at radius 3 is 2.68 bits per heavy atom. The summed E-state index contributed by atoms with van der Waals surface area (Å²) in [4.78, 5) is 10.7. The molecule has 0 spiro atoms. The number of rotatable bonds is 1. The summed E-state index contributed by atoms with van der Waals surface area (Å²) < 4.78 is 1.79. The highest BCUT2D eigenvalue weighted by atomic mass is 35.5. The molecule has 1 aliphatic rings. The van der Waals surface area contributed by atoms with E-state index in [1.54, 1.807) is 4.52 Å². The van der Waals surface area contributed by atoms with Crippen LogP contribution >= 0.6 is 23.4 Å². The summed E-state index contributed by atoms with van der Waals surface area (Å²) in [5.41, 5.74) is 0.964. The zero-order chi connectivity index (χ0) is 13.6. The minimum absolute atomic E-state index is 0.508. The molecule has 1 aliphatic heterocycles. The van der Waals surface area contributed by atoms with Crippen molar-refractivity contribution in [3.05, 3.63) is 17.0 Å². The van der Waals surface area contributed by atoms with Crippen LogP contribution in [0.3, 0.4) is 0 Å². The van der Waals surface area contributed by atoms with Gasteiger partial charge < -0.3 is 4.90 Å². The van der Waals surface area contributed by atoms with Crippen LogP contribution in [0.1, 0.15) is 19.4 Å². The second-order valence-electron chi connectivity index (χ2n) is 4.99. The van der Waals surface area contributed by atoms with E-state index in [4.69, 9.17) is 11.6 Å². The van der Waals surface area contributed by atoms with Crippen LogP contribution in [-0.2, 0) is 0 Å². The smallest absolute Gasteiger partial charge is 0.255 e. The first-order valence-corrected chi connectivity index (χ1v) is 7.64. The van der Waals surface area contributed by atoms with E-state index in [-0.39, 0.29) is 0 Å². The Balaban J connectivity index is 2.12. The second-order valence-corrected chi connectivity index (χ2v) is 7.23. The number of hydrogen-bond donors (Lipinski definition) is 0. The van der Waals surface area contributed by atoms with Crippen LogP contribution in [0.4, 0.5) is 5.82 Å². The molecule has 7 heteroatoms.